The van der Waals surface area contributed by atoms with E-state index in [1.807, 2.05) is 84.4 Å². The Bertz CT molecular complexity index is 1420. The van der Waals surface area contributed by atoms with Crippen molar-refractivity contribution < 1.29 is 14.3 Å². The fourth-order valence-corrected chi connectivity index (χ4v) is 5.83. The molecule has 1 unspecified atom stereocenters. The average Bonchev–Trinajstić information content (AvgIpc) is 3.64. The first-order valence-electron chi connectivity index (χ1n) is 13.4. The Kier molecular flexibility index (Phi) is 8.81. The second-order valence-corrected chi connectivity index (χ2v) is 10.7. The zero-order valence-corrected chi connectivity index (χ0v) is 23.5. The van der Waals surface area contributed by atoms with Crippen molar-refractivity contribution in [2.24, 2.45) is 7.05 Å². The van der Waals surface area contributed by atoms with Crippen LogP contribution in [-0.2, 0) is 16.6 Å². The number of rotatable bonds is 10. The minimum Gasteiger partial charge on any atom is -0.497 e. The SMILES string of the molecule is COc1ccc(N(C(=O)CSc2nnc(-c3ccccc3)n2C)C(C(=O)NC2CCCC2)c2ccccc2)cc1. The number of nitrogens with one attached hydrogen (secondary N) is 1. The number of ether oxygens (including phenoxy) is 1. The lowest BCUT2D eigenvalue weighted by Crippen LogP contribution is -2.47. The Balaban J connectivity index is 1.45. The highest BCUT2D eigenvalue weighted by Crippen LogP contribution is 2.32. The first kappa shape index (κ1) is 27.5. The van der Waals surface area contributed by atoms with Crippen molar-refractivity contribution in [2.75, 3.05) is 17.8 Å². The van der Waals surface area contributed by atoms with E-state index < -0.39 is 6.04 Å². The van der Waals surface area contributed by atoms with Gasteiger partial charge in [0.25, 0.3) is 0 Å². The van der Waals surface area contributed by atoms with Gasteiger partial charge < -0.3 is 14.6 Å². The van der Waals surface area contributed by atoms with Crippen molar-refractivity contribution in [3.63, 3.8) is 0 Å². The Morgan fingerprint density at radius 1 is 0.975 bits per heavy atom. The van der Waals surface area contributed by atoms with Crippen LogP contribution in [0.4, 0.5) is 5.69 Å². The molecule has 5 rings (SSSR count). The molecule has 1 aliphatic rings. The van der Waals surface area contributed by atoms with Crippen molar-refractivity contribution in [3.05, 3.63) is 90.5 Å². The van der Waals surface area contributed by atoms with Crippen molar-refractivity contribution >= 4 is 29.3 Å². The molecule has 1 heterocycles. The van der Waals surface area contributed by atoms with Crippen LogP contribution in [0.3, 0.4) is 0 Å². The van der Waals surface area contributed by atoms with Gasteiger partial charge in [0.05, 0.1) is 12.9 Å². The van der Waals surface area contributed by atoms with Crippen molar-refractivity contribution in [3.8, 4) is 17.1 Å². The molecule has 0 spiro atoms. The predicted molar refractivity (Wildman–Crippen MR) is 157 cm³/mol. The quantitative estimate of drug-likeness (QED) is 0.263. The van der Waals surface area contributed by atoms with Crippen LogP contribution < -0.4 is 15.0 Å². The van der Waals surface area contributed by atoms with Gasteiger partial charge in [-0.1, -0.05) is 85.3 Å². The Hall–Kier alpha value is -4.11. The van der Waals surface area contributed by atoms with E-state index in [1.165, 1.54) is 11.8 Å². The van der Waals surface area contributed by atoms with Crippen LogP contribution >= 0.6 is 11.8 Å². The smallest absolute Gasteiger partial charge is 0.248 e. The van der Waals surface area contributed by atoms with Crippen LogP contribution in [-0.4, -0.2) is 45.5 Å². The molecule has 0 saturated heterocycles. The molecule has 1 saturated carbocycles. The minimum atomic E-state index is -0.831. The van der Waals surface area contributed by atoms with Gasteiger partial charge in [-0.15, -0.1) is 10.2 Å². The largest absolute Gasteiger partial charge is 0.497 e. The number of hydrogen-bond donors (Lipinski definition) is 1. The third-order valence-corrected chi connectivity index (χ3v) is 8.14. The number of methoxy groups -OCH3 is 1. The highest BCUT2D eigenvalue weighted by molar-refractivity contribution is 7.99. The first-order chi connectivity index (χ1) is 19.5. The summed E-state index contributed by atoms with van der Waals surface area (Å²) >= 11 is 1.30. The van der Waals surface area contributed by atoms with Gasteiger partial charge in [0.2, 0.25) is 11.8 Å². The summed E-state index contributed by atoms with van der Waals surface area (Å²) in [7, 11) is 3.49. The van der Waals surface area contributed by atoms with Crippen LogP contribution in [0, 0.1) is 0 Å². The molecule has 4 aromatic rings. The predicted octanol–water partition coefficient (Wildman–Crippen LogP) is 5.42. The highest BCUT2D eigenvalue weighted by Gasteiger charge is 2.34. The number of benzene rings is 3. The molecule has 9 heteroatoms. The molecule has 1 N–H and O–H groups in total. The molecular weight excluding hydrogens is 522 g/mol. The fourth-order valence-electron chi connectivity index (χ4n) is 5.06. The van der Waals surface area contributed by atoms with Gasteiger partial charge in [0.15, 0.2) is 11.0 Å². The second kappa shape index (κ2) is 12.8. The topological polar surface area (TPSA) is 89.3 Å². The number of thioether (sulfide) groups is 1. The summed E-state index contributed by atoms with van der Waals surface area (Å²) in [5, 5.41) is 12.5. The van der Waals surface area contributed by atoms with Crippen LogP contribution in [0.5, 0.6) is 5.75 Å². The lowest BCUT2D eigenvalue weighted by atomic mass is 10.0. The monoisotopic (exact) mass is 555 g/mol. The first-order valence-corrected chi connectivity index (χ1v) is 14.4. The number of aromatic nitrogens is 3. The Morgan fingerprint density at radius 2 is 1.62 bits per heavy atom. The van der Waals surface area contributed by atoms with Crippen LogP contribution in [0.25, 0.3) is 11.4 Å². The average molecular weight is 556 g/mol. The van der Waals surface area contributed by atoms with Crippen LogP contribution in [0.15, 0.2) is 90.1 Å². The fraction of sp³-hybridized carbons (Fsp3) is 0.290. The van der Waals surface area contributed by atoms with E-state index in [1.54, 1.807) is 24.1 Å². The number of nitrogens with zero attached hydrogens (tertiary/aromatic N) is 4. The molecule has 8 nitrogen and oxygen atoms in total. The standard InChI is InChI=1S/C31H33N5O3S/c1-35-29(23-13-7-4-8-14-23)33-34-31(35)40-21-27(37)36(25-17-19-26(39-2)20-18-25)28(22-11-5-3-6-12-22)30(38)32-24-15-9-10-16-24/h3-8,11-14,17-20,24,28H,9-10,15-16,21H2,1-2H3,(H,32,38). The molecule has 1 fully saturated rings. The van der Waals surface area contributed by atoms with E-state index in [0.29, 0.717) is 16.6 Å². The molecular formula is C31H33N5O3S. The van der Waals surface area contributed by atoms with Crippen molar-refractivity contribution in [1.29, 1.82) is 0 Å². The van der Waals surface area contributed by atoms with Gasteiger partial charge >= 0.3 is 0 Å². The lowest BCUT2D eigenvalue weighted by Gasteiger charge is -2.32. The Labute approximate surface area is 238 Å². The minimum absolute atomic E-state index is 0.0762. The van der Waals surface area contributed by atoms with Crippen LogP contribution in [0.1, 0.15) is 37.3 Å². The maximum atomic E-state index is 14.1. The third kappa shape index (κ3) is 6.20. The summed E-state index contributed by atoms with van der Waals surface area (Å²) in [6.07, 6.45) is 4.10. The second-order valence-electron chi connectivity index (χ2n) is 9.78. The zero-order chi connectivity index (χ0) is 27.9. The van der Waals surface area contributed by atoms with E-state index in [2.05, 4.69) is 15.5 Å². The van der Waals surface area contributed by atoms with E-state index >= 15 is 0 Å². The maximum absolute atomic E-state index is 14.1. The van der Waals surface area contributed by atoms with Gasteiger partial charge in [-0.25, -0.2) is 0 Å². The number of hydrogen-bond acceptors (Lipinski definition) is 6. The molecule has 3 aromatic carbocycles. The van der Waals surface area contributed by atoms with E-state index in [9.17, 15) is 9.59 Å². The lowest BCUT2D eigenvalue weighted by molar-refractivity contribution is -0.126. The summed E-state index contributed by atoms with van der Waals surface area (Å²) in [5.41, 5.74) is 2.31. The molecule has 1 aliphatic carbocycles. The van der Waals surface area contributed by atoms with Crippen molar-refractivity contribution in [1.82, 2.24) is 20.1 Å². The van der Waals surface area contributed by atoms with E-state index in [-0.39, 0.29) is 23.6 Å². The molecule has 0 radical (unpaired) electrons. The number of carbonyl (C=O) groups is 2. The highest BCUT2D eigenvalue weighted by atomic mass is 32.2. The summed E-state index contributed by atoms with van der Waals surface area (Å²) in [6.45, 7) is 0. The zero-order valence-electron chi connectivity index (χ0n) is 22.7. The Morgan fingerprint density at radius 3 is 2.27 bits per heavy atom. The van der Waals surface area contributed by atoms with Crippen molar-refractivity contribution in [2.45, 2.75) is 42.9 Å². The molecule has 1 atom stereocenters. The molecule has 0 aliphatic heterocycles. The van der Waals surface area contributed by atoms with Crippen LogP contribution in [0.2, 0.25) is 0 Å². The van der Waals surface area contributed by atoms with Gasteiger partial charge in [-0.3, -0.25) is 14.5 Å². The normalized spacial score (nSPS) is 14.1. The summed E-state index contributed by atoms with van der Waals surface area (Å²) < 4.78 is 7.22. The number of carbonyl (C=O) groups excluding carboxylic acids is 2. The molecule has 2 amide bonds. The molecule has 206 valence electrons. The molecule has 40 heavy (non-hydrogen) atoms. The molecule has 1 aromatic heterocycles. The van der Waals surface area contributed by atoms with E-state index in [4.69, 9.17) is 4.74 Å². The maximum Gasteiger partial charge on any atom is 0.248 e. The summed E-state index contributed by atoms with van der Waals surface area (Å²) in [4.78, 5) is 29.5. The summed E-state index contributed by atoms with van der Waals surface area (Å²) in [6, 6.07) is 25.8. The van der Waals surface area contributed by atoms with Gasteiger partial charge in [-0.2, -0.15) is 0 Å². The summed E-state index contributed by atoms with van der Waals surface area (Å²) in [5.74, 6) is 1.07. The number of anilines is 1. The number of amides is 2. The van der Waals surface area contributed by atoms with Gasteiger partial charge in [-0.05, 0) is 42.7 Å². The van der Waals surface area contributed by atoms with E-state index in [0.717, 1.165) is 42.6 Å². The van der Waals surface area contributed by atoms with Gasteiger partial charge in [0, 0.05) is 24.3 Å². The van der Waals surface area contributed by atoms with Gasteiger partial charge in [0.1, 0.15) is 11.8 Å². The molecule has 0 bridgehead atoms. The third-order valence-electron chi connectivity index (χ3n) is 7.13.